The van der Waals surface area contributed by atoms with Gasteiger partial charge in [-0.15, -0.1) is 0 Å². The molecule has 0 aliphatic rings. The van der Waals surface area contributed by atoms with E-state index in [-0.39, 0.29) is 16.4 Å². The van der Waals surface area contributed by atoms with Crippen LogP contribution < -0.4 is 14.8 Å². The number of carbonyl (C=O) groups excluding carboxylic acids is 1. The van der Waals surface area contributed by atoms with E-state index in [0.29, 0.717) is 22.8 Å². The first-order chi connectivity index (χ1) is 12.9. The number of nitrogens with one attached hydrogen (secondary N) is 1. The van der Waals surface area contributed by atoms with Crippen molar-refractivity contribution < 1.29 is 18.7 Å². The van der Waals surface area contributed by atoms with E-state index < -0.39 is 11.7 Å². The van der Waals surface area contributed by atoms with Crippen LogP contribution in [0.15, 0.2) is 42.5 Å². The number of halogens is 2. The van der Waals surface area contributed by atoms with Gasteiger partial charge in [-0.3, -0.25) is 9.48 Å². The molecule has 0 saturated heterocycles. The third kappa shape index (κ3) is 3.73. The van der Waals surface area contributed by atoms with Gasteiger partial charge in [0.15, 0.2) is 5.69 Å². The fraction of sp³-hybridized carbons (Fsp3) is 0.158. The Bertz CT molecular complexity index is 984. The number of hydrogen-bond donors (Lipinski definition) is 1. The number of nitrogens with zero attached hydrogens (tertiary/aromatic N) is 2. The molecular weight excluding hydrogens is 373 g/mol. The molecule has 0 radical (unpaired) electrons. The van der Waals surface area contributed by atoms with E-state index in [0.717, 1.165) is 0 Å². The molecule has 0 fully saturated rings. The summed E-state index contributed by atoms with van der Waals surface area (Å²) in [5, 5.41) is 6.78. The lowest BCUT2D eigenvalue weighted by Gasteiger charge is -2.10. The third-order valence-electron chi connectivity index (χ3n) is 4.00. The summed E-state index contributed by atoms with van der Waals surface area (Å²) in [5.41, 5.74) is 1.36. The summed E-state index contributed by atoms with van der Waals surface area (Å²) in [7, 11) is 4.81. The number of ether oxygens (including phenoxy) is 2. The second kappa shape index (κ2) is 7.67. The molecule has 140 valence electrons. The molecule has 3 rings (SSSR count). The molecule has 27 heavy (non-hydrogen) atoms. The van der Waals surface area contributed by atoms with Crippen molar-refractivity contribution >= 4 is 23.2 Å². The van der Waals surface area contributed by atoms with E-state index in [1.165, 1.54) is 22.9 Å². The maximum Gasteiger partial charge on any atom is 0.276 e. The molecule has 2 aromatic carbocycles. The molecule has 0 unspecified atom stereocenters. The van der Waals surface area contributed by atoms with Crippen LogP contribution in [0.5, 0.6) is 11.5 Å². The largest absolute Gasteiger partial charge is 0.497 e. The van der Waals surface area contributed by atoms with Gasteiger partial charge in [-0.25, -0.2) is 4.39 Å². The zero-order chi connectivity index (χ0) is 19.6. The first-order valence-corrected chi connectivity index (χ1v) is 8.34. The highest BCUT2D eigenvalue weighted by atomic mass is 35.5. The van der Waals surface area contributed by atoms with Gasteiger partial charge in [-0.05, 0) is 36.4 Å². The molecular formula is C19H17ClFN3O3. The second-order valence-corrected chi connectivity index (χ2v) is 6.06. The van der Waals surface area contributed by atoms with Crippen LogP contribution in [0.2, 0.25) is 5.02 Å². The first kappa shape index (κ1) is 18.7. The van der Waals surface area contributed by atoms with Gasteiger partial charge in [0.25, 0.3) is 5.91 Å². The van der Waals surface area contributed by atoms with Crippen LogP contribution in [-0.2, 0) is 7.05 Å². The molecule has 0 saturated carbocycles. The average Bonchev–Trinajstić information content (AvgIpc) is 3.05. The lowest BCUT2D eigenvalue weighted by Crippen LogP contribution is -2.14. The Kier molecular flexibility index (Phi) is 5.32. The minimum atomic E-state index is -0.624. The number of hydrogen-bond acceptors (Lipinski definition) is 4. The van der Waals surface area contributed by atoms with E-state index in [1.54, 1.807) is 45.5 Å². The zero-order valence-electron chi connectivity index (χ0n) is 14.9. The number of para-hydroxylation sites is 1. The van der Waals surface area contributed by atoms with Crippen molar-refractivity contribution in [3.8, 4) is 22.8 Å². The second-order valence-electron chi connectivity index (χ2n) is 5.66. The molecule has 1 amide bonds. The van der Waals surface area contributed by atoms with Gasteiger partial charge in [0, 0.05) is 12.6 Å². The Labute approximate surface area is 160 Å². The van der Waals surface area contributed by atoms with Crippen LogP contribution in [0.4, 0.5) is 10.1 Å². The van der Waals surface area contributed by atoms with Gasteiger partial charge in [0.05, 0.1) is 30.6 Å². The Morgan fingerprint density at radius 1 is 1.19 bits per heavy atom. The first-order valence-electron chi connectivity index (χ1n) is 7.96. The van der Waals surface area contributed by atoms with Crippen molar-refractivity contribution in [2.45, 2.75) is 0 Å². The van der Waals surface area contributed by atoms with Crippen LogP contribution in [0.1, 0.15) is 10.5 Å². The minimum absolute atomic E-state index is 0.0877. The van der Waals surface area contributed by atoms with Crippen LogP contribution >= 0.6 is 11.6 Å². The molecule has 6 nitrogen and oxygen atoms in total. The number of aryl methyl sites for hydroxylation is 1. The Morgan fingerprint density at radius 3 is 2.63 bits per heavy atom. The number of methoxy groups -OCH3 is 2. The minimum Gasteiger partial charge on any atom is -0.497 e. The smallest absolute Gasteiger partial charge is 0.276 e. The molecule has 1 N–H and O–H groups in total. The standard InChI is InChI=1S/C19H17ClFN3O3/c1-24-16(12-9-11(26-2)7-8-17(12)27-3)10-15(23-24)19(25)22-18-13(20)5-4-6-14(18)21/h4-10H,1-3H3,(H,22,25). The van der Waals surface area contributed by atoms with Crippen molar-refractivity contribution in [1.29, 1.82) is 0 Å². The summed E-state index contributed by atoms with van der Waals surface area (Å²) in [6.07, 6.45) is 0. The lowest BCUT2D eigenvalue weighted by molar-refractivity contribution is 0.102. The summed E-state index contributed by atoms with van der Waals surface area (Å²) < 4.78 is 26.1. The molecule has 8 heteroatoms. The average molecular weight is 390 g/mol. The van der Waals surface area contributed by atoms with Gasteiger partial charge in [-0.1, -0.05) is 17.7 Å². The normalized spacial score (nSPS) is 10.6. The van der Waals surface area contributed by atoms with Gasteiger partial charge in [0.1, 0.15) is 17.3 Å². The van der Waals surface area contributed by atoms with Crippen molar-refractivity contribution in [3.63, 3.8) is 0 Å². The number of benzene rings is 2. The summed E-state index contributed by atoms with van der Waals surface area (Å²) in [6, 6.07) is 11.1. The topological polar surface area (TPSA) is 65.4 Å². The maximum atomic E-state index is 13.9. The molecule has 0 spiro atoms. The molecule has 0 aliphatic heterocycles. The highest BCUT2D eigenvalue weighted by Gasteiger charge is 2.19. The number of rotatable bonds is 5. The summed E-state index contributed by atoms with van der Waals surface area (Å²) >= 11 is 5.96. The van der Waals surface area contributed by atoms with Crippen LogP contribution in [-0.4, -0.2) is 29.9 Å². The summed E-state index contributed by atoms with van der Waals surface area (Å²) in [6.45, 7) is 0. The predicted octanol–water partition coefficient (Wildman–Crippen LogP) is 4.15. The number of aromatic nitrogens is 2. The predicted molar refractivity (Wildman–Crippen MR) is 101 cm³/mol. The summed E-state index contributed by atoms with van der Waals surface area (Å²) in [4.78, 5) is 12.5. The molecule has 0 atom stereocenters. The van der Waals surface area contributed by atoms with Gasteiger partial charge < -0.3 is 14.8 Å². The number of anilines is 1. The Morgan fingerprint density at radius 2 is 1.96 bits per heavy atom. The molecule has 0 aliphatic carbocycles. The third-order valence-corrected chi connectivity index (χ3v) is 4.31. The molecule has 3 aromatic rings. The van der Waals surface area contributed by atoms with Gasteiger partial charge >= 0.3 is 0 Å². The van der Waals surface area contributed by atoms with Crippen molar-refractivity contribution in [3.05, 3.63) is 59.0 Å². The highest BCUT2D eigenvalue weighted by Crippen LogP contribution is 2.34. The monoisotopic (exact) mass is 389 g/mol. The number of carbonyl (C=O) groups is 1. The zero-order valence-corrected chi connectivity index (χ0v) is 15.7. The molecule has 0 bridgehead atoms. The summed E-state index contributed by atoms with van der Waals surface area (Å²) in [5.74, 6) is 0.0335. The van der Waals surface area contributed by atoms with Gasteiger partial charge in [0.2, 0.25) is 0 Å². The van der Waals surface area contributed by atoms with Crippen LogP contribution in [0, 0.1) is 5.82 Å². The van der Waals surface area contributed by atoms with E-state index in [2.05, 4.69) is 10.4 Å². The number of amides is 1. The van der Waals surface area contributed by atoms with Crippen molar-refractivity contribution in [1.82, 2.24) is 9.78 Å². The Hall–Kier alpha value is -3.06. The van der Waals surface area contributed by atoms with Crippen LogP contribution in [0.25, 0.3) is 11.3 Å². The fourth-order valence-corrected chi connectivity index (χ4v) is 2.85. The molecule has 1 aromatic heterocycles. The maximum absolute atomic E-state index is 13.9. The fourth-order valence-electron chi connectivity index (χ4n) is 2.64. The lowest BCUT2D eigenvalue weighted by atomic mass is 10.1. The van der Waals surface area contributed by atoms with Crippen molar-refractivity contribution in [2.24, 2.45) is 7.05 Å². The SMILES string of the molecule is COc1ccc(OC)c(-c2cc(C(=O)Nc3c(F)cccc3Cl)nn2C)c1. The van der Waals surface area contributed by atoms with E-state index in [9.17, 15) is 9.18 Å². The van der Waals surface area contributed by atoms with E-state index >= 15 is 0 Å². The van der Waals surface area contributed by atoms with E-state index in [1.807, 2.05) is 0 Å². The van der Waals surface area contributed by atoms with Gasteiger partial charge in [-0.2, -0.15) is 5.10 Å². The Balaban J connectivity index is 1.96. The highest BCUT2D eigenvalue weighted by molar-refractivity contribution is 6.33. The van der Waals surface area contributed by atoms with Crippen LogP contribution in [0.3, 0.4) is 0 Å². The molecule has 1 heterocycles. The van der Waals surface area contributed by atoms with E-state index in [4.69, 9.17) is 21.1 Å². The van der Waals surface area contributed by atoms with Crippen molar-refractivity contribution in [2.75, 3.05) is 19.5 Å². The quantitative estimate of drug-likeness (QED) is 0.712.